The van der Waals surface area contributed by atoms with Crippen LogP contribution in [0.15, 0.2) is 39.5 Å². The van der Waals surface area contributed by atoms with Gasteiger partial charge in [-0.15, -0.1) is 0 Å². The summed E-state index contributed by atoms with van der Waals surface area (Å²) in [5.74, 6) is -0.356. The predicted molar refractivity (Wildman–Crippen MR) is 66.8 cm³/mol. The first kappa shape index (κ1) is 11.7. The van der Waals surface area contributed by atoms with Crippen molar-refractivity contribution in [2.45, 2.75) is 12.8 Å². The molecule has 0 radical (unpaired) electrons. The zero-order valence-electron chi connectivity index (χ0n) is 8.30. The van der Waals surface area contributed by atoms with Gasteiger partial charge in [-0.25, -0.2) is 4.39 Å². The van der Waals surface area contributed by atoms with Crippen LogP contribution in [0.3, 0.4) is 0 Å². The molecule has 0 spiro atoms. The van der Waals surface area contributed by atoms with Gasteiger partial charge >= 0.3 is 0 Å². The molecule has 0 amide bonds. The standard InChI is InChI=1S/C12H9BrClFO/c13-8-4-1-3-7(12(8)15)11-9(14)5-2-6-10(11)16/h1,3-4,6,16H,2,5H2. The summed E-state index contributed by atoms with van der Waals surface area (Å²) in [6.07, 6.45) is 2.97. The zero-order chi connectivity index (χ0) is 11.7. The van der Waals surface area contributed by atoms with Crippen molar-refractivity contribution in [2.75, 3.05) is 0 Å². The molecule has 0 bridgehead atoms. The Bertz CT molecular complexity index is 494. The lowest BCUT2D eigenvalue weighted by Gasteiger charge is -2.15. The molecule has 84 valence electrons. The van der Waals surface area contributed by atoms with Crippen molar-refractivity contribution in [1.82, 2.24) is 0 Å². The average Bonchev–Trinajstić information content (AvgIpc) is 2.24. The summed E-state index contributed by atoms with van der Waals surface area (Å²) < 4.78 is 14.2. The lowest BCUT2D eigenvalue weighted by atomic mass is 9.97. The van der Waals surface area contributed by atoms with E-state index in [1.54, 1.807) is 24.3 Å². The van der Waals surface area contributed by atoms with E-state index < -0.39 is 5.82 Å². The molecule has 0 saturated heterocycles. The van der Waals surface area contributed by atoms with E-state index in [1.165, 1.54) is 0 Å². The molecule has 0 aromatic heterocycles. The Balaban J connectivity index is 2.60. The van der Waals surface area contributed by atoms with Crippen molar-refractivity contribution >= 4 is 33.1 Å². The van der Waals surface area contributed by atoms with Gasteiger partial charge in [0.2, 0.25) is 0 Å². The molecule has 1 nitrogen and oxygen atoms in total. The minimum atomic E-state index is -0.405. The van der Waals surface area contributed by atoms with Crippen LogP contribution in [0.2, 0.25) is 0 Å². The lowest BCUT2D eigenvalue weighted by Crippen LogP contribution is -2.00. The van der Waals surface area contributed by atoms with Crippen LogP contribution in [0.4, 0.5) is 4.39 Å². The molecule has 0 unspecified atom stereocenters. The van der Waals surface area contributed by atoms with Crippen LogP contribution >= 0.6 is 27.5 Å². The smallest absolute Gasteiger partial charge is 0.145 e. The van der Waals surface area contributed by atoms with Crippen molar-refractivity contribution in [3.05, 3.63) is 50.9 Å². The number of rotatable bonds is 1. The van der Waals surface area contributed by atoms with Gasteiger partial charge in [-0.2, -0.15) is 0 Å². The van der Waals surface area contributed by atoms with Crippen LogP contribution in [0.1, 0.15) is 18.4 Å². The summed E-state index contributed by atoms with van der Waals surface area (Å²) in [5.41, 5.74) is 0.722. The highest BCUT2D eigenvalue weighted by atomic mass is 79.9. The van der Waals surface area contributed by atoms with Gasteiger partial charge in [-0.1, -0.05) is 23.7 Å². The third-order valence-corrected chi connectivity index (χ3v) is 3.44. The minimum Gasteiger partial charge on any atom is -0.508 e. The number of aliphatic hydroxyl groups is 1. The van der Waals surface area contributed by atoms with Crippen molar-refractivity contribution in [3.8, 4) is 0 Å². The predicted octanol–water partition coefficient (Wildman–Crippen LogP) is 4.77. The van der Waals surface area contributed by atoms with Gasteiger partial charge in [0, 0.05) is 16.2 Å². The van der Waals surface area contributed by atoms with Crippen LogP contribution in [-0.2, 0) is 0 Å². The normalized spacial score (nSPS) is 16.3. The van der Waals surface area contributed by atoms with Crippen molar-refractivity contribution < 1.29 is 9.50 Å². The number of halogens is 3. The van der Waals surface area contributed by atoms with Crippen LogP contribution < -0.4 is 0 Å². The summed E-state index contributed by atoms with van der Waals surface area (Å²) in [5, 5.41) is 10.2. The zero-order valence-corrected chi connectivity index (χ0v) is 10.6. The van der Waals surface area contributed by atoms with Crippen LogP contribution in [-0.4, -0.2) is 5.11 Å². The van der Waals surface area contributed by atoms with Crippen LogP contribution in [0.5, 0.6) is 0 Å². The Morgan fingerprint density at radius 2 is 2.12 bits per heavy atom. The fourth-order valence-electron chi connectivity index (χ4n) is 1.68. The first-order valence-electron chi connectivity index (χ1n) is 4.84. The molecular weight excluding hydrogens is 294 g/mol. The molecule has 1 N–H and O–H groups in total. The molecule has 16 heavy (non-hydrogen) atoms. The van der Waals surface area contributed by atoms with Crippen molar-refractivity contribution in [3.63, 3.8) is 0 Å². The molecule has 1 aliphatic rings. The summed E-state index contributed by atoms with van der Waals surface area (Å²) in [7, 11) is 0. The van der Waals surface area contributed by atoms with Crippen LogP contribution in [0.25, 0.3) is 5.57 Å². The first-order valence-corrected chi connectivity index (χ1v) is 6.01. The van der Waals surface area contributed by atoms with E-state index in [2.05, 4.69) is 15.9 Å². The fraction of sp³-hybridized carbons (Fsp3) is 0.167. The van der Waals surface area contributed by atoms with Gasteiger partial charge in [0.1, 0.15) is 11.6 Å². The molecule has 0 saturated carbocycles. The molecule has 2 rings (SSSR count). The SMILES string of the molecule is OC1=CCCC(Cl)=C1c1cccc(Br)c1F. The molecular formula is C12H9BrClFO. The number of aliphatic hydroxyl groups excluding tert-OH is 1. The second-order valence-electron chi connectivity index (χ2n) is 3.51. The van der Waals surface area contributed by atoms with Crippen molar-refractivity contribution in [1.29, 1.82) is 0 Å². The highest BCUT2D eigenvalue weighted by Crippen LogP contribution is 2.36. The Kier molecular flexibility index (Phi) is 3.36. The maximum absolute atomic E-state index is 13.9. The Hall–Kier alpha value is -0.800. The minimum absolute atomic E-state index is 0.0493. The second-order valence-corrected chi connectivity index (χ2v) is 4.82. The van der Waals surface area contributed by atoms with Gasteiger partial charge in [0.15, 0.2) is 0 Å². The number of hydrogen-bond donors (Lipinski definition) is 1. The molecule has 4 heteroatoms. The average molecular weight is 304 g/mol. The Labute approximate surface area is 106 Å². The van der Waals surface area contributed by atoms with E-state index in [9.17, 15) is 9.50 Å². The number of hydrogen-bond acceptors (Lipinski definition) is 1. The van der Waals surface area contributed by atoms with Crippen molar-refractivity contribution in [2.24, 2.45) is 0 Å². The first-order chi connectivity index (χ1) is 7.61. The molecule has 0 fully saturated rings. The molecule has 0 aliphatic heterocycles. The fourth-order valence-corrected chi connectivity index (χ4v) is 2.36. The van der Waals surface area contributed by atoms with E-state index >= 15 is 0 Å². The summed E-state index contributed by atoms with van der Waals surface area (Å²) in [4.78, 5) is 0. The van der Waals surface area contributed by atoms with E-state index in [1.807, 2.05) is 0 Å². The summed E-state index contributed by atoms with van der Waals surface area (Å²) in [6, 6.07) is 4.92. The van der Waals surface area contributed by atoms with Gasteiger partial charge in [-0.05, 0) is 40.9 Å². The third kappa shape index (κ3) is 2.02. The largest absolute Gasteiger partial charge is 0.508 e. The quantitative estimate of drug-likeness (QED) is 0.792. The van der Waals surface area contributed by atoms with Gasteiger partial charge in [-0.3, -0.25) is 0 Å². The summed E-state index contributed by atoms with van der Waals surface area (Å²) in [6.45, 7) is 0. The topological polar surface area (TPSA) is 20.2 Å². The summed E-state index contributed by atoms with van der Waals surface area (Å²) >= 11 is 9.14. The van der Waals surface area contributed by atoms with E-state index in [4.69, 9.17) is 11.6 Å². The maximum Gasteiger partial charge on any atom is 0.145 e. The molecule has 1 aromatic carbocycles. The Morgan fingerprint density at radius 3 is 2.81 bits per heavy atom. The molecule has 1 aliphatic carbocycles. The molecule has 0 heterocycles. The lowest BCUT2D eigenvalue weighted by molar-refractivity contribution is 0.431. The maximum atomic E-state index is 13.9. The third-order valence-electron chi connectivity index (χ3n) is 2.45. The monoisotopic (exact) mass is 302 g/mol. The number of allylic oxidation sites excluding steroid dienone is 3. The molecule has 1 aromatic rings. The van der Waals surface area contributed by atoms with Gasteiger partial charge in [0.25, 0.3) is 0 Å². The number of benzene rings is 1. The van der Waals surface area contributed by atoms with E-state index in [0.29, 0.717) is 33.5 Å². The second kappa shape index (κ2) is 4.60. The van der Waals surface area contributed by atoms with Gasteiger partial charge < -0.3 is 5.11 Å². The van der Waals surface area contributed by atoms with E-state index in [0.717, 1.165) is 0 Å². The van der Waals surface area contributed by atoms with Crippen LogP contribution in [0, 0.1) is 5.82 Å². The highest BCUT2D eigenvalue weighted by molar-refractivity contribution is 9.10. The Morgan fingerprint density at radius 1 is 1.38 bits per heavy atom. The van der Waals surface area contributed by atoms with Gasteiger partial charge in [0.05, 0.1) is 4.47 Å². The van der Waals surface area contributed by atoms with E-state index in [-0.39, 0.29) is 5.76 Å². The molecule has 0 atom stereocenters. The highest BCUT2D eigenvalue weighted by Gasteiger charge is 2.19.